The summed E-state index contributed by atoms with van der Waals surface area (Å²) in [7, 11) is 0. The largest absolute Gasteiger partial charge is 0.338 e. The second kappa shape index (κ2) is 5.61. The summed E-state index contributed by atoms with van der Waals surface area (Å²) >= 11 is 0. The second-order valence-corrected chi connectivity index (χ2v) is 5.67. The molecule has 1 aromatic rings. The van der Waals surface area contributed by atoms with Gasteiger partial charge in [-0.1, -0.05) is 13.8 Å². The number of rotatable bonds is 2. The fourth-order valence-electron chi connectivity index (χ4n) is 2.59. The van der Waals surface area contributed by atoms with Crippen molar-refractivity contribution in [1.29, 1.82) is 0 Å². The van der Waals surface area contributed by atoms with Crippen LogP contribution in [0.5, 0.6) is 0 Å². The molecule has 0 aliphatic carbocycles. The molecule has 2 rings (SSSR count). The molecule has 1 amide bonds. The molecule has 104 valence electrons. The highest BCUT2D eigenvalue weighted by atomic mass is 16.2. The van der Waals surface area contributed by atoms with Crippen LogP contribution in [0.3, 0.4) is 0 Å². The number of likely N-dealkylation sites (tertiary alicyclic amines) is 1. The van der Waals surface area contributed by atoms with Gasteiger partial charge in [0.05, 0.1) is 5.69 Å². The topological polar surface area (TPSA) is 58.4 Å². The van der Waals surface area contributed by atoms with E-state index in [4.69, 9.17) is 5.84 Å². The lowest BCUT2D eigenvalue weighted by atomic mass is 9.88. The Kier molecular flexibility index (Phi) is 4.10. The van der Waals surface area contributed by atoms with E-state index in [9.17, 15) is 4.79 Å². The number of nitrogen functional groups attached to an aromatic ring is 1. The van der Waals surface area contributed by atoms with Crippen LogP contribution in [-0.4, -0.2) is 23.9 Å². The molecule has 0 bridgehead atoms. The summed E-state index contributed by atoms with van der Waals surface area (Å²) in [4.78, 5) is 14.4. The number of hydrogen-bond acceptors (Lipinski definition) is 3. The van der Waals surface area contributed by atoms with E-state index >= 15 is 0 Å². The van der Waals surface area contributed by atoms with Crippen molar-refractivity contribution >= 4 is 11.6 Å². The van der Waals surface area contributed by atoms with Crippen LogP contribution in [0.2, 0.25) is 0 Å². The van der Waals surface area contributed by atoms with Gasteiger partial charge in [-0.15, -0.1) is 0 Å². The first-order chi connectivity index (χ1) is 9.02. The fourth-order valence-corrected chi connectivity index (χ4v) is 2.59. The number of hydrazine groups is 1. The Hall–Kier alpha value is -1.55. The average molecular weight is 261 g/mol. The zero-order valence-electron chi connectivity index (χ0n) is 11.9. The Morgan fingerprint density at radius 1 is 1.37 bits per heavy atom. The summed E-state index contributed by atoms with van der Waals surface area (Å²) in [6.45, 7) is 8.15. The van der Waals surface area contributed by atoms with Gasteiger partial charge < -0.3 is 10.3 Å². The molecule has 0 saturated carbocycles. The number of nitrogens with one attached hydrogen (secondary N) is 1. The van der Waals surface area contributed by atoms with Gasteiger partial charge in [-0.25, -0.2) is 0 Å². The lowest BCUT2D eigenvalue weighted by Crippen LogP contribution is -2.42. The van der Waals surface area contributed by atoms with Gasteiger partial charge in [0, 0.05) is 18.7 Å². The summed E-state index contributed by atoms with van der Waals surface area (Å²) in [5.74, 6) is 6.81. The normalized spacial score (nSPS) is 23.3. The predicted molar refractivity (Wildman–Crippen MR) is 77.8 cm³/mol. The van der Waals surface area contributed by atoms with Crippen LogP contribution in [0.1, 0.15) is 36.2 Å². The van der Waals surface area contributed by atoms with Gasteiger partial charge >= 0.3 is 0 Å². The van der Waals surface area contributed by atoms with Crippen molar-refractivity contribution in [3.05, 3.63) is 29.3 Å². The van der Waals surface area contributed by atoms with Gasteiger partial charge in [-0.2, -0.15) is 0 Å². The van der Waals surface area contributed by atoms with E-state index in [2.05, 4.69) is 19.3 Å². The number of nitrogens with two attached hydrogens (primary N) is 1. The molecule has 0 radical (unpaired) electrons. The van der Waals surface area contributed by atoms with Crippen molar-refractivity contribution in [1.82, 2.24) is 4.90 Å². The number of anilines is 1. The Morgan fingerprint density at radius 3 is 2.68 bits per heavy atom. The Morgan fingerprint density at radius 2 is 2.11 bits per heavy atom. The van der Waals surface area contributed by atoms with Crippen molar-refractivity contribution in [2.45, 2.75) is 27.2 Å². The van der Waals surface area contributed by atoms with Crippen molar-refractivity contribution in [3.8, 4) is 0 Å². The van der Waals surface area contributed by atoms with Gasteiger partial charge in [-0.05, 0) is 48.9 Å². The Labute approximate surface area is 114 Å². The lowest BCUT2D eigenvalue weighted by molar-refractivity contribution is 0.0627. The number of benzene rings is 1. The third-order valence-electron chi connectivity index (χ3n) is 4.25. The number of carbonyl (C=O) groups excluding carboxylic acids is 1. The maximum Gasteiger partial charge on any atom is 0.253 e. The van der Waals surface area contributed by atoms with Gasteiger partial charge in [0.1, 0.15) is 0 Å². The van der Waals surface area contributed by atoms with Gasteiger partial charge in [0.15, 0.2) is 0 Å². The number of amides is 1. The van der Waals surface area contributed by atoms with E-state index in [1.807, 2.05) is 30.0 Å². The van der Waals surface area contributed by atoms with Crippen molar-refractivity contribution in [2.24, 2.45) is 17.7 Å². The Balaban J connectivity index is 2.13. The maximum absolute atomic E-state index is 12.5. The zero-order valence-corrected chi connectivity index (χ0v) is 11.9. The minimum atomic E-state index is 0.130. The first kappa shape index (κ1) is 13.9. The van der Waals surface area contributed by atoms with Crippen LogP contribution in [0.25, 0.3) is 0 Å². The first-order valence-corrected chi connectivity index (χ1v) is 6.89. The quantitative estimate of drug-likeness (QED) is 0.635. The number of nitrogens with zero attached hydrogens (tertiary/aromatic N) is 1. The molecule has 4 nitrogen and oxygen atoms in total. The van der Waals surface area contributed by atoms with E-state index in [0.717, 1.165) is 36.3 Å². The van der Waals surface area contributed by atoms with Gasteiger partial charge in [-0.3, -0.25) is 10.6 Å². The van der Waals surface area contributed by atoms with Crippen LogP contribution in [0.15, 0.2) is 18.2 Å². The molecule has 1 heterocycles. The average Bonchev–Trinajstić information content (AvgIpc) is 2.41. The summed E-state index contributed by atoms with van der Waals surface area (Å²) in [5, 5.41) is 0. The van der Waals surface area contributed by atoms with Crippen molar-refractivity contribution < 1.29 is 4.79 Å². The SMILES string of the molecule is Cc1cc(C(=O)N2CCC(C)C(C)C2)ccc1NN. The molecule has 1 saturated heterocycles. The van der Waals surface area contributed by atoms with Crippen LogP contribution in [0, 0.1) is 18.8 Å². The predicted octanol–water partition coefficient (Wildman–Crippen LogP) is 2.40. The molecule has 2 unspecified atom stereocenters. The molecule has 2 atom stereocenters. The number of hydrogen-bond donors (Lipinski definition) is 2. The maximum atomic E-state index is 12.5. The number of piperidine rings is 1. The van der Waals surface area contributed by atoms with Crippen LogP contribution in [-0.2, 0) is 0 Å². The standard InChI is InChI=1S/C15H23N3O/c1-10-6-7-18(9-12(10)3)15(19)13-4-5-14(17-16)11(2)8-13/h4-5,8,10,12,17H,6-7,9,16H2,1-3H3. The molecule has 1 aliphatic heterocycles. The highest BCUT2D eigenvalue weighted by Crippen LogP contribution is 2.24. The molecule has 3 N–H and O–H groups in total. The van der Waals surface area contributed by atoms with E-state index < -0.39 is 0 Å². The van der Waals surface area contributed by atoms with Crippen LogP contribution in [0.4, 0.5) is 5.69 Å². The molecule has 1 fully saturated rings. The van der Waals surface area contributed by atoms with E-state index in [1.165, 1.54) is 0 Å². The molecule has 0 spiro atoms. The van der Waals surface area contributed by atoms with Crippen LogP contribution >= 0.6 is 0 Å². The number of carbonyl (C=O) groups is 1. The summed E-state index contributed by atoms with van der Waals surface area (Å²) in [5.41, 5.74) is 5.23. The van der Waals surface area contributed by atoms with Crippen molar-refractivity contribution in [2.75, 3.05) is 18.5 Å². The summed E-state index contributed by atoms with van der Waals surface area (Å²) < 4.78 is 0. The molecular weight excluding hydrogens is 238 g/mol. The van der Waals surface area contributed by atoms with Crippen molar-refractivity contribution in [3.63, 3.8) is 0 Å². The van der Waals surface area contributed by atoms with Gasteiger partial charge in [0.2, 0.25) is 0 Å². The summed E-state index contributed by atoms with van der Waals surface area (Å²) in [6, 6.07) is 5.60. The Bertz CT molecular complexity index is 472. The molecule has 0 aromatic heterocycles. The highest BCUT2D eigenvalue weighted by Gasteiger charge is 2.26. The van der Waals surface area contributed by atoms with E-state index in [0.29, 0.717) is 11.8 Å². The minimum absolute atomic E-state index is 0.130. The minimum Gasteiger partial charge on any atom is -0.338 e. The molecule has 19 heavy (non-hydrogen) atoms. The van der Waals surface area contributed by atoms with Gasteiger partial charge in [0.25, 0.3) is 5.91 Å². The smallest absolute Gasteiger partial charge is 0.253 e. The second-order valence-electron chi connectivity index (χ2n) is 5.67. The molecule has 1 aliphatic rings. The van der Waals surface area contributed by atoms with Crippen LogP contribution < -0.4 is 11.3 Å². The highest BCUT2D eigenvalue weighted by molar-refractivity contribution is 5.95. The molecule has 4 heteroatoms. The third-order valence-corrected chi connectivity index (χ3v) is 4.25. The van der Waals surface area contributed by atoms with E-state index in [1.54, 1.807) is 0 Å². The monoisotopic (exact) mass is 261 g/mol. The van der Waals surface area contributed by atoms with E-state index in [-0.39, 0.29) is 5.91 Å². The first-order valence-electron chi connectivity index (χ1n) is 6.89. The lowest BCUT2D eigenvalue weighted by Gasteiger charge is -2.35. The molecule has 1 aromatic carbocycles. The number of aryl methyl sites for hydroxylation is 1. The zero-order chi connectivity index (χ0) is 14.0. The summed E-state index contributed by atoms with van der Waals surface area (Å²) in [6.07, 6.45) is 1.09. The molecular formula is C15H23N3O. The fraction of sp³-hybridized carbons (Fsp3) is 0.533. The third kappa shape index (κ3) is 2.89.